The summed E-state index contributed by atoms with van der Waals surface area (Å²) in [6.07, 6.45) is 2.20. The Morgan fingerprint density at radius 1 is 1.38 bits per heavy atom. The average molecular weight is 288 g/mol. The first-order chi connectivity index (χ1) is 10.3. The van der Waals surface area contributed by atoms with Gasteiger partial charge in [0.2, 0.25) is 11.8 Å². The molecule has 0 aliphatic heterocycles. The lowest BCUT2D eigenvalue weighted by molar-refractivity contribution is 0.250. The summed E-state index contributed by atoms with van der Waals surface area (Å²) in [5, 5.41) is 13.2. The Labute approximate surface area is 121 Å². The standard InChI is InChI=1S/C14H16N4O3/c1-20-11-5-3-2-4-10(11)16-14(19)15-8-12-17-18-13(21-12)9-6-7-9/h2-5,9H,6-8H2,1H3,(H2,15,16,19). The maximum atomic E-state index is 11.8. The number of urea groups is 1. The quantitative estimate of drug-likeness (QED) is 0.881. The number of carbonyl (C=O) groups is 1. The summed E-state index contributed by atoms with van der Waals surface area (Å²) in [5.74, 6) is 2.08. The van der Waals surface area contributed by atoms with E-state index in [1.54, 1.807) is 19.2 Å². The van der Waals surface area contributed by atoms with E-state index < -0.39 is 0 Å². The monoisotopic (exact) mass is 288 g/mol. The fourth-order valence-electron chi connectivity index (χ4n) is 1.90. The lowest BCUT2D eigenvalue weighted by Gasteiger charge is -2.09. The van der Waals surface area contributed by atoms with Crippen LogP contribution in [0.5, 0.6) is 5.75 Å². The molecule has 1 aliphatic carbocycles. The molecule has 0 radical (unpaired) electrons. The number of nitrogens with zero attached hydrogens (tertiary/aromatic N) is 2. The first-order valence-corrected chi connectivity index (χ1v) is 6.76. The van der Waals surface area contributed by atoms with Crippen molar-refractivity contribution in [2.45, 2.75) is 25.3 Å². The van der Waals surface area contributed by atoms with Crippen molar-refractivity contribution in [1.82, 2.24) is 15.5 Å². The number of methoxy groups -OCH3 is 1. The van der Waals surface area contributed by atoms with Gasteiger partial charge in [-0.05, 0) is 25.0 Å². The van der Waals surface area contributed by atoms with E-state index >= 15 is 0 Å². The third kappa shape index (κ3) is 3.31. The second-order valence-corrected chi connectivity index (χ2v) is 4.82. The first kappa shape index (κ1) is 13.4. The molecule has 0 bridgehead atoms. The van der Waals surface area contributed by atoms with Crippen LogP contribution < -0.4 is 15.4 Å². The highest BCUT2D eigenvalue weighted by atomic mass is 16.5. The molecule has 1 saturated carbocycles. The van der Waals surface area contributed by atoms with Gasteiger partial charge >= 0.3 is 6.03 Å². The lowest BCUT2D eigenvalue weighted by atomic mass is 10.3. The maximum absolute atomic E-state index is 11.8. The number of amides is 2. The van der Waals surface area contributed by atoms with Crippen LogP contribution in [0.15, 0.2) is 28.7 Å². The predicted molar refractivity (Wildman–Crippen MR) is 75.1 cm³/mol. The molecule has 7 nitrogen and oxygen atoms in total. The van der Waals surface area contributed by atoms with Crippen LogP contribution in [0.1, 0.15) is 30.5 Å². The normalized spacial score (nSPS) is 13.8. The maximum Gasteiger partial charge on any atom is 0.319 e. The molecule has 1 aromatic heterocycles. The van der Waals surface area contributed by atoms with Crippen molar-refractivity contribution < 1.29 is 13.9 Å². The van der Waals surface area contributed by atoms with Crippen LogP contribution in [0.25, 0.3) is 0 Å². The molecule has 0 saturated heterocycles. The number of benzene rings is 1. The minimum absolute atomic E-state index is 0.195. The molecule has 2 N–H and O–H groups in total. The van der Waals surface area contributed by atoms with Crippen molar-refractivity contribution in [3.63, 3.8) is 0 Å². The Kier molecular flexibility index (Phi) is 3.72. The summed E-state index contributed by atoms with van der Waals surface area (Å²) in [6.45, 7) is 0.195. The van der Waals surface area contributed by atoms with E-state index in [0.717, 1.165) is 12.8 Å². The number of hydrogen-bond acceptors (Lipinski definition) is 5. The molecule has 3 rings (SSSR count). The van der Waals surface area contributed by atoms with Gasteiger partial charge in [0.25, 0.3) is 0 Å². The van der Waals surface area contributed by atoms with Gasteiger partial charge in [-0.1, -0.05) is 12.1 Å². The SMILES string of the molecule is COc1ccccc1NC(=O)NCc1nnc(C2CC2)o1. The molecular weight excluding hydrogens is 272 g/mol. The molecule has 0 unspecified atom stereocenters. The van der Waals surface area contributed by atoms with Gasteiger partial charge in [0, 0.05) is 5.92 Å². The van der Waals surface area contributed by atoms with Crippen LogP contribution in [-0.2, 0) is 6.54 Å². The van der Waals surface area contributed by atoms with Gasteiger partial charge in [0.1, 0.15) is 5.75 Å². The third-order valence-electron chi connectivity index (χ3n) is 3.16. The van der Waals surface area contributed by atoms with Crippen molar-refractivity contribution in [2.75, 3.05) is 12.4 Å². The summed E-state index contributed by atoms with van der Waals surface area (Å²) in [5.41, 5.74) is 0.599. The third-order valence-corrected chi connectivity index (χ3v) is 3.16. The summed E-state index contributed by atoms with van der Waals surface area (Å²) >= 11 is 0. The van der Waals surface area contributed by atoms with E-state index in [-0.39, 0.29) is 12.6 Å². The minimum atomic E-state index is -0.356. The van der Waals surface area contributed by atoms with Crippen LogP contribution in [0.2, 0.25) is 0 Å². The van der Waals surface area contributed by atoms with E-state index in [9.17, 15) is 4.79 Å². The van der Waals surface area contributed by atoms with E-state index in [0.29, 0.717) is 29.1 Å². The Morgan fingerprint density at radius 2 is 2.19 bits per heavy atom. The van der Waals surface area contributed by atoms with Crippen molar-refractivity contribution in [2.24, 2.45) is 0 Å². The molecule has 2 aromatic rings. The Hall–Kier alpha value is -2.57. The van der Waals surface area contributed by atoms with Gasteiger partial charge in [0.15, 0.2) is 0 Å². The highest BCUT2D eigenvalue weighted by Gasteiger charge is 2.29. The fourth-order valence-corrected chi connectivity index (χ4v) is 1.90. The summed E-state index contributed by atoms with van der Waals surface area (Å²) < 4.78 is 10.6. The molecule has 7 heteroatoms. The fraction of sp³-hybridized carbons (Fsp3) is 0.357. The van der Waals surface area contributed by atoms with Crippen LogP contribution in [-0.4, -0.2) is 23.3 Å². The number of aromatic nitrogens is 2. The van der Waals surface area contributed by atoms with Gasteiger partial charge in [-0.3, -0.25) is 0 Å². The second kappa shape index (κ2) is 5.82. The number of ether oxygens (including phenoxy) is 1. The highest BCUT2D eigenvalue weighted by Crippen LogP contribution is 2.38. The van der Waals surface area contributed by atoms with Crippen LogP contribution in [0.4, 0.5) is 10.5 Å². The zero-order chi connectivity index (χ0) is 14.7. The molecule has 1 fully saturated rings. The van der Waals surface area contributed by atoms with Crippen LogP contribution in [0.3, 0.4) is 0 Å². The Bertz CT molecular complexity index is 637. The molecule has 0 spiro atoms. The zero-order valence-electron chi connectivity index (χ0n) is 11.6. The summed E-state index contributed by atoms with van der Waals surface area (Å²) in [4.78, 5) is 11.8. The Balaban J connectivity index is 1.53. The van der Waals surface area contributed by atoms with E-state index in [2.05, 4.69) is 20.8 Å². The topological polar surface area (TPSA) is 89.3 Å². The molecule has 1 aliphatic rings. The van der Waals surface area contributed by atoms with Gasteiger partial charge < -0.3 is 19.8 Å². The average Bonchev–Trinajstić information content (AvgIpc) is 3.25. The molecule has 21 heavy (non-hydrogen) atoms. The number of hydrogen-bond donors (Lipinski definition) is 2. The zero-order valence-corrected chi connectivity index (χ0v) is 11.6. The van der Waals surface area contributed by atoms with Crippen molar-refractivity contribution in [3.8, 4) is 5.75 Å². The number of anilines is 1. The predicted octanol–water partition coefficient (Wildman–Crippen LogP) is 2.28. The first-order valence-electron chi connectivity index (χ1n) is 6.76. The molecule has 110 valence electrons. The summed E-state index contributed by atoms with van der Waals surface area (Å²) in [7, 11) is 1.55. The van der Waals surface area contributed by atoms with Crippen molar-refractivity contribution >= 4 is 11.7 Å². The minimum Gasteiger partial charge on any atom is -0.495 e. The summed E-state index contributed by atoms with van der Waals surface area (Å²) in [6, 6.07) is 6.83. The van der Waals surface area contributed by atoms with E-state index in [1.807, 2.05) is 12.1 Å². The highest BCUT2D eigenvalue weighted by molar-refractivity contribution is 5.90. The number of rotatable bonds is 5. The molecular formula is C14H16N4O3. The second-order valence-electron chi connectivity index (χ2n) is 4.82. The number of carbonyl (C=O) groups excluding carboxylic acids is 1. The van der Waals surface area contributed by atoms with Crippen molar-refractivity contribution in [1.29, 1.82) is 0 Å². The molecule has 2 amide bonds. The molecule has 1 aromatic carbocycles. The van der Waals surface area contributed by atoms with Crippen LogP contribution >= 0.6 is 0 Å². The molecule has 1 heterocycles. The Morgan fingerprint density at radius 3 is 2.95 bits per heavy atom. The number of para-hydroxylation sites is 2. The van der Waals surface area contributed by atoms with E-state index in [1.165, 1.54) is 0 Å². The van der Waals surface area contributed by atoms with E-state index in [4.69, 9.17) is 9.15 Å². The van der Waals surface area contributed by atoms with Gasteiger partial charge in [-0.2, -0.15) is 0 Å². The largest absolute Gasteiger partial charge is 0.495 e. The van der Waals surface area contributed by atoms with Gasteiger partial charge in [-0.15, -0.1) is 10.2 Å². The lowest BCUT2D eigenvalue weighted by Crippen LogP contribution is -2.28. The van der Waals surface area contributed by atoms with Gasteiger partial charge in [-0.25, -0.2) is 4.79 Å². The van der Waals surface area contributed by atoms with Gasteiger partial charge in [0.05, 0.1) is 19.3 Å². The van der Waals surface area contributed by atoms with Crippen molar-refractivity contribution in [3.05, 3.63) is 36.0 Å². The smallest absolute Gasteiger partial charge is 0.319 e. The molecule has 0 atom stereocenters. The number of nitrogens with one attached hydrogen (secondary N) is 2. The van der Waals surface area contributed by atoms with Crippen LogP contribution in [0, 0.1) is 0 Å².